The quantitative estimate of drug-likeness (QED) is 0.909. The molecule has 2 aromatic rings. The Bertz CT molecular complexity index is 568. The lowest BCUT2D eigenvalue weighted by Gasteiger charge is -2.06. The van der Waals surface area contributed by atoms with Crippen molar-refractivity contribution in [3.05, 3.63) is 35.1 Å². The summed E-state index contributed by atoms with van der Waals surface area (Å²) in [7, 11) is 1.45. The highest BCUT2D eigenvalue weighted by molar-refractivity contribution is 7.16. The number of hydrogen-bond acceptors (Lipinski definition) is 4. The number of thiazole rings is 1. The maximum absolute atomic E-state index is 13.7. The van der Waals surface area contributed by atoms with Crippen LogP contribution < -0.4 is 10.5 Å². The molecule has 0 aliphatic rings. The SMILES string of the molecule is COc1cccc(F)c1-c1ncc(C(N)=O)s1. The lowest BCUT2D eigenvalue weighted by molar-refractivity contribution is 0.100. The molecule has 88 valence electrons. The van der Waals surface area contributed by atoms with Crippen LogP contribution >= 0.6 is 11.3 Å². The average molecular weight is 252 g/mol. The van der Waals surface area contributed by atoms with Crippen molar-refractivity contribution in [2.75, 3.05) is 7.11 Å². The first kappa shape index (κ1) is 11.5. The number of methoxy groups -OCH3 is 1. The lowest BCUT2D eigenvalue weighted by atomic mass is 10.2. The summed E-state index contributed by atoms with van der Waals surface area (Å²) in [5.74, 6) is -0.658. The van der Waals surface area contributed by atoms with Gasteiger partial charge >= 0.3 is 0 Å². The number of halogens is 1. The monoisotopic (exact) mass is 252 g/mol. The molecule has 0 radical (unpaired) electrons. The molecule has 1 aromatic heterocycles. The van der Waals surface area contributed by atoms with E-state index in [-0.39, 0.29) is 10.4 Å². The van der Waals surface area contributed by atoms with Crippen molar-refractivity contribution in [1.82, 2.24) is 4.98 Å². The molecule has 0 unspecified atom stereocenters. The fourth-order valence-electron chi connectivity index (χ4n) is 1.39. The molecule has 0 spiro atoms. The number of nitrogens with zero attached hydrogens (tertiary/aromatic N) is 1. The van der Waals surface area contributed by atoms with Crippen LogP contribution in [0.5, 0.6) is 5.75 Å². The minimum Gasteiger partial charge on any atom is -0.496 e. The van der Waals surface area contributed by atoms with Crippen LogP contribution in [0, 0.1) is 5.82 Å². The minimum atomic E-state index is -0.580. The topological polar surface area (TPSA) is 65.2 Å². The Kier molecular flexibility index (Phi) is 3.06. The van der Waals surface area contributed by atoms with E-state index in [4.69, 9.17) is 10.5 Å². The molecule has 1 amide bonds. The molecule has 1 aromatic carbocycles. The van der Waals surface area contributed by atoms with Crippen LogP contribution in [0.3, 0.4) is 0 Å². The van der Waals surface area contributed by atoms with Crippen molar-refractivity contribution >= 4 is 17.2 Å². The Morgan fingerprint density at radius 1 is 1.53 bits per heavy atom. The van der Waals surface area contributed by atoms with Gasteiger partial charge < -0.3 is 10.5 Å². The lowest BCUT2D eigenvalue weighted by Crippen LogP contribution is -2.08. The van der Waals surface area contributed by atoms with Gasteiger partial charge in [0, 0.05) is 0 Å². The molecular weight excluding hydrogens is 243 g/mol. The number of hydrogen-bond donors (Lipinski definition) is 1. The second-order valence-corrected chi connectivity index (χ2v) is 4.24. The van der Waals surface area contributed by atoms with Crippen LogP contribution in [-0.4, -0.2) is 18.0 Å². The van der Waals surface area contributed by atoms with Crippen molar-refractivity contribution in [1.29, 1.82) is 0 Å². The first-order chi connectivity index (χ1) is 8.13. The van der Waals surface area contributed by atoms with Gasteiger partial charge in [-0.25, -0.2) is 9.37 Å². The number of rotatable bonds is 3. The number of aromatic nitrogens is 1. The molecule has 0 bridgehead atoms. The molecule has 0 aliphatic carbocycles. The van der Waals surface area contributed by atoms with Gasteiger partial charge in [-0.2, -0.15) is 0 Å². The first-order valence-corrected chi connectivity index (χ1v) is 5.53. The highest BCUT2D eigenvalue weighted by Crippen LogP contribution is 2.34. The van der Waals surface area contributed by atoms with E-state index in [1.165, 1.54) is 19.4 Å². The Hall–Kier alpha value is -1.95. The zero-order valence-corrected chi connectivity index (χ0v) is 9.75. The normalized spacial score (nSPS) is 10.2. The first-order valence-electron chi connectivity index (χ1n) is 4.72. The number of nitrogens with two attached hydrogens (primary N) is 1. The Balaban J connectivity index is 2.55. The summed E-state index contributed by atoms with van der Waals surface area (Å²) in [5, 5.41) is 0.369. The minimum absolute atomic E-state index is 0.243. The van der Waals surface area contributed by atoms with Crippen LogP contribution in [-0.2, 0) is 0 Å². The van der Waals surface area contributed by atoms with Gasteiger partial charge in [0.05, 0.1) is 18.9 Å². The van der Waals surface area contributed by atoms with Gasteiger partial charge in [0.25, 0.3) is 5.91 Å². The number of ether oxygens (including phenoxy) is 1. The van der Waals surface area contributed by atoms with Crippen LogP contribution in [0.15, 0.2) is 24.4 Å². The summed E-state index contributed by atoms with van der Waals surface area (Å²) in [6, 6.07) is 4.48. The molecule has 2 rings (SSSR count). The smallest absolute Gasteiger partial charge is 0.260 e. The van der Waals surface area contributed by atoms with Crippen LogP contribution in [0.1, 0.15) is 9.67 Å². The maximum atomic E-state index is 13.7. The largest absolute Gasteiger partial charge is 0.496 e. The van der Waals surface area contributed by atoms with E-state index < -0.39 is 11.7 Å². The second-order valence-electron chi connectivity index (χ2n) is 3.21. The molecular formula is C11H9FN2O2S. The molecule has 0 aliphatic heterocycles. The predicted molar refractivity (Wildman–Crippen MR) is 62.6 cm³/mol. The molecule has 4 nitrogen and oxygen atoms in total. The standard InChI is InChI=1S/C11H9FN2O2S/c1-16-7-4-2-3-6(12)9(7)11-14-5-8(17-11)10(13)15/h2-5H,1H3,(H2,13,15). The Morgan fingerprint density at radius 2 is 2.29 bits per heavy atom. The summed E-state index contributed by atoms with van der Waals surface area (Å²) in [6.07, 6.45) is 1.33. The zero-order valence-electron chi connectivity index (χ0n) is 8.94. The Labute approximate surface area is 101 Å². The van der Waals surface area contributed by atoms with Crippen molar-refractivity contribution in [2.24, 2.45) is 5.73 Å². The molecule has 6 heteroatoms. The summed E-state index contributed by atoms with van der Waals surface area (Å²) >= 11 is 1.03. The molecule has 0 saturated carbocycles. The van der Waals surface area contributed by atoms with Crippen LogP contribution in [0.2, 0.25) is 0 Å². The van der Waals surface area contributed by atoms with E-state index in [1.54, 1.807) is 12.1 Å². The summed E-state index contributed by atoms with van der Waals surface area (Å²) in [4.78, 5) is 15.2. The Morgan fingerprint density at radius 3 is 2.88 bits per heavy atom. The van der Waals surface area contributed by atoms with Gasteiger partial charge in [0.2, 0.25) is 0 Å². The average Bonchev–Trinajstić information content (AvgIpc) is 2.77. The number of carbonyl (C=O) groups excluding carboxylic acids is 1. The highest BCUT2D eigenvalue weighted by atomic mass is 32.1. The number of carbonyl (C=O) groups is 1. The molecule has 0 atom stereocenters. The van der Waals surface area contributed by atoms with E-state index in [2.05, 4.69) is 4.98 Å². The van der Waals surface area contributed by atoms with E-state index >= 15 is 0 Å². The molecule has 1 heterocycles. The highest BCUT2D eigenvalue weighted by Gasteiger charge is 2.16. The van der Waals surface area contributed by atoms with Crippen molar-refractivity contribution < 1.29 is 13.9 Å². The fraction of sp³-hybridized carbons (Fsp3) is 0.0909. The van der Waals surface area contributed by atoms with Gasteiger partial charge in [-0.15, -0.1) is 11.3 Å². The van der Waals surface area contributed by atoms with E-state index in [9.17, 15) is 9.18 Å². The predicted octanol–water partition coefficient (Wildman–Crippen LogP) is 2.06. The number of amides is 1. The van der Waals surface area contributed by atoms with E-state index in [0.717, 1.165) is 11.3 Å². The van der Waals surface area contributed by atoms with Gasteiger partial charge in [-0.3, -0.25) is 4.79 Å². The van der Waals surface area contributed by atoms with Crippen molar-refractivity contribution in [2.45, 2.75) is 0 Å². The third kappa shape index (κ3) is 2.12. The molecule has 0 fully saturated rings. The fourth-order valence-corrected chi connectivity index (χ4v) is 2.21. The van der Waals surface area contributed by atoms with E-state index in [1.807, 2.05) is 0 Å². The summed E-state index contributed by atoms with van der Waals surface area (Å²) in [5.41, 5.74) is 5.36. The number of benzene rings is 1. The summed E-state index contributed by atoms with van der Waals surface area (Å²) < 4.78 is 18.8. The molecule has 17 heavy (non-hydrogen) atoms. The number of primary amides is 1. The van der Waals surface area contributed by atoms with Crippen LogP contribution in [0.25, 0.3) is 10.6 Å². The van der Waals surface area contributed by atoms with Crippen LogP contribution in [0.4, 0.5) is 4.39 Å². The molecule has 2 N–H and O–H groups in total. The second kappa shape index (κ2) is 4.50. The van der Waals surface area contributed by atoms with Gasteiger partial charge in [0.15, 0.2) is 0 Å². The third-order valence-corrected chi connectivity index (χ3v) is 3.19. The van der Waals surface area contributed by atoms with Gasteiger partial charge in [0.1, 0.15) is 21.5 Å². The van der Waals surface area contributed by atoms with Crippen molar-refractivity contribution in [3.63, 3.8) is 0 Å². The molecule has 0 saturated heterocycles. The van der Waals surface area contributed by atoms with E-state index in [0.29, 0.717) is 10.8 Å². The maximum Gasteiger partial charge on any atom is 0.260 e. The van der Waals surface area contributed by atoms with Gasteiger partial charge in [-0.1, -0.05) is 6.07 Å². The third-order valence-electron chi connectivity index (χ3n) is 2.16. The van der Waals surface area contributed by atoms with Crippen molar-refractivity contribution in [3.8, 4) is 16.3 Å². The zero-order chi connectivity index (χ0) is 12.4. The summed E-state index contributed by atoms with van der Waals surface area (Å²) in [6.45, 7) is 0. The van der Waals surface area contributed by atoms with Gasteiger partial charge in [-0.05, 0) is 12.1 Å².